The molecule has 18 heavy (non-hydrogen) atoms. The Hall–Kier alpha value is -1.90. The maximum Gasteiger partial charge on any atom is 0.411 e. The summed E-state index contributed by atoms with van der Waals surface area (Å²) in [5.41, 5.74) is 10.6. The van der Waals surface area contributed by atoms with Gasteiger partial charge >= 0.3 is 6.18 Å². The van der Waals surface area contributed by atoms with Crippen LogP contribution in [0.1, 0.15) is 21.9 Å². The summed E-state index contributed by atoms with van der Waals surface area (Å²) in [5.74, 6) is -1.02. The third-order valence-corrected chi connectivity index (χ3v) is 1.91. The van der Waals surface area contributed by atoms with Crippen LogP contribution in [0.5, 0.6) is 0 Å². The van der Waals surface area contributed by atoms with Gasteiger partial charge in [-0.25, -0.2) is 9.97 Å². The highest BCUT2D eigenvalue weighted by molar-refractivity contribution is 5.98. The van der Waals surface area contributed by atoms with Crippen LogP contribution in [0.2, 0.25) is 0 Å². The molecule has 0 aliphatic rings. The highest BCUT2D eigenvalue weighted by Crippen LogP contribution is 2.16. The number of nitrogens with two attached hydrogens (primary N) is 2. The van der Waals surface area contributed by atoms with Gasteiger partial charge in [0, 0.05) is 0 Å². The molecule has 0 radical (unpaired) electrons. The number of aromatic nitrogens is 2. The monoisotopic (exact) mass is 264 g/mol. The van der Waals surface area contributed by atoms with Crippen LogP contribution >= 0.6 is 0 Å². The quantitative estimate of drug-likeness (QED) is 0.826. The zero-order chi connectivity index (χ0) is 13.9. The number of carbonyl (C=O) groups is 1. The maximum atomic E-state index is 11.8. The lowest BCUT2D eigenvalue weighted by Crippen LogP contribution is -2.20. The first-order valence-electron chi connectivity index (χ1n) is 4.78. The van der Waals surface area contributed by atoms with E-state index in [0.717, 1.165) is 0 Å². The van der Waals surface area contributed by atoms with Crippen LogP contribution < -0.4 is 11.5 Å². The van der Waals surface area contributed by atoms with Gasteiger partial charge in [0.15, 0.2) is 5.82 Å². The normalized spacial score (nSPS) is 11.6. The van der Waals surface area contributed by atoms with Crippen molar-refractivity contribution >= 4 is 11.7 Å². The van der Waals surface area contributed by atoms with Gasteiger partial charge in [0.2, 0.25) is 0 Å². The van der Waals surface area contributed by atoms with Crippen molar-refractivity contribution < 1.29 is 22.7 Å². The van der Waals surface area contributed by atoms with Crippen molar-refractivity contribution in [1.82, 2.24) is 9.97 Å². The summed E-state index contributed by atoms with van der Waals surface area (Å²) in [6.45, 7) is -0.415. The summed E-state index contributed by atoms with van der Waals surface area (Å²) in [4.78, 5) is 18.4. The number of hydrogen-bond donors (Lipinski definition) is 2. The van der Waals surface area contributed by atoms with Crippen molar-refractivity contribution in [3.63, 3.8) is 0 Å². The number of ether oxygens (including phenoxy) is 1. The summed E-state index contributed by atoms with van der Waals surface area (Å²) in [7, 11) is 0. The number of rotatable bonds is 4. The maximum absolute atomic E-state index is 11.8. The highest BCUT2D eigenvalue weighted by atomic mass is 19.4. The van der Waals surface area contributed by atoms with Crippen molar-refractivity contribution in [3.05, 3.63) is 17.1 Å². The van der Waals surface area contributed by atoms with Crippen LogP contribution in [-0.2, 0) is 11.3 Å². The van der Waals surface area contributed by atoms with Crippen molar-refractivity contribution in [2.45, 2.75) is 19.7 Å². The molecule has 0 bridgehead atoms. The van der Waals surface area contributed by atoms with Gasteiger partial charge in [0.25, 0.3) is 5.91 Å². The van der Waals surface area contributed by atoms with E-state index in [1.54, 1.807) is 0 Å². The molecule has 6 nitrogen and oxygen atoms in total. The van der Waals surface area contributed by atoms with E-state index in [9.17, 15) is 18.0 Å². The number of nitrogens with zero attached hydrogens (tertiary/aromatic N) is 2. The number of amides is 1. The fourth-order valence-electron chi connectivity index (χ4n) is 1.28. The first kappa shape index (κ1) is 14.2. The molecule has 0 saturated heterocycles. The van der Waals surface area contributed by atoms with Crippen LogP contribution in [0.25, 0.3) is 0 Å². The zero-order valence-corrected chi connectivity index (χ0v) is 9.41. The molecular weight excluding hydrogens is 253 g/mol. The number of halogens is 3. The van der Waals surface area contributed by atoms with Crippen LogP contribution in [0.3, 0.4) is 0 Å². The van der Waals surface area contributed by atoms with E-state index in [1.165, 1.54) is 6.92 Å². The SMILES string of the molecule is Cc1nc(COCC(F)(F)F)nc(N)c1C(N)=O. The van der Waals surface area contributed by atoms with Crippen LogP contribution in [0.4, 0.5) is 19.0 Å². The molecule has 9 heteroatoms. The molecule has 0 atom stereocenters. The Balaban J connectivity index is 2.78. The number of hydrogen-bond acceptors (Lipinski definition) is 5. The Morgan fingerprint density at radius 1 is 1.39 bits per heavy atom. The third kappa shape index (κ3) is 3.84. The topological polar surface area (TPSA) is 104 Å². The van der Waals surface area contributed by atoms with E-state index in [4.69, 9.17) is 11.5 Å². The molecule has 0 saturated carbocycles. The summed E-state index contributed by atoms with van der Waals surface area (Å²) in [6.07, 6.45) is -4.42. The smallest absolute Gasteiger partial charge is 0.383 e. The van der Waals surface area contributed by atoms with Gasteiger partial charge in [-0.3, -0.25) is 4.79 Å². The summed E-state index contributed by atoms with van der Waals surface area (Å²) < 4.78 is 39.9. The second-order valence-electron chi connectivity index (χ2n) is 3.46. The van der Waals surface area contributed by atoms with E-state index in [0.29, 0.717) is 0 Å². The molecule has 1 heterocycles. The average Bonchev–Trinajstić information content (AvgIpc) is 2.13. The molecule has 0 aliphatic heterocycles. The zero-order valence-electron chi connectivity index (χ0n) is 9.41. The number of primary amides is 1. The Morgan fingerprint density at radius 3 is 2.44 bits per heavy atom. The molecular formula is C9H11F3N4O2. The van der Waals surface area contributed by atoms with Crippen molar-refractivity contribution in [1.29, 1.82) is 0 Å². The minimum absolute atomic E-state index is 0.0424. The predicted octanol–water partition coefficient (Wildman–Crippen LogP) is 0.545. The van der Waals surface area contributed by atoms with Crippen molar-refractivity contribution in [2.24, 2.45) is 5.73 Å². The lowest BCUT2D eigenvalue weighted by molar-refractivity contribution is -0.177. The van der Waals surface area contributed by atoms with Crippen LogP contribution in [-0.4, -0.2) is 28.7 Å². The van der Waals surface area contributed by atoms with Gasteiger partial charge in [-0.15, -0.1) is 0 Å². The van der Waals surface area contributed by atoms with Crippen LogP contribution in [0, 0.1) is 6.92 Å². The first-order valence-corrected chi connectivity index (χ1v) is 4.78. The number of alkyl halides is 3. The molecule has 0 aromatic carbocycles. The fourth-order valence-corrected chi connectivity index (χ4v) is 1.28. The van der Waals surface area contributed by atoms with E-state index < -0.39 is 25.3 Å². The molecule has 0 fully saturated rings. The van der Waals surface area contributed by atoms with Gasteiger partial charge in [-0.2, -0.15) is 13.2 Å². The number of carbonyl (C=O) groups excluding carboxylic acids is 1. The van der Waals surface area contributed by atoms with E-state index in [2.05, 4.69) is 14.7 Å². The summed E-state index contributed by atoms with van der Waals surface area (Å²) >= 11 is 0. The Bertz CT molecular complexity index is 439. The molecule has 4 N–H and O–H groups in total. The van der Waals surface area contributed by atoms with Crippen molar-refractivity contribution in [3.8, 4) is 0 Å². The average molecular weight is 264 g/mol. The molecule has 0 spiro atoms. The molecule has 1 aromatic rings. The van der Waals surface area contributed by atoms with Crippen LogP contribution in [0.15, 0.2) is 0 Å². The summed E-state index contributed by atoms with van der Waals surface area (Å²) in [6, 6.07) is 0. The minimum Gasteiger partial charge on any atom is -0.383 e. The molecule has 1 amide bonds. The minimum atomic E-state index is -4.42. The van der Waals surface area contributed by atoms with Gasteiger partial charge in [-0.05, 0) is 6.92 Å². The third-order valence-electron chi connectivity index (χ3n) is 1.91. The second kappa shape index (κ2) is 5.17. The Morgan fingerprint density at radius 2 is 2.00 bits per heavy atom. The largest absolute Gasteiger partial charge is 0.411 e. The van der Waals surface area contributed by atoms with Crippen molar-refractivity contribution in [2.75, 3.05) is 12.3 Å². The van der Waals surface area contributed by atoms with E-state index in [-0.39, 0.29) is 22.9 Å². The number of nitrogen functional groups attached to an aromatic ring is 1. The molecule has 1 aromatic heterocycles. The standard InChI is InChI=1S/C9H11F3N4O2/c1-4-6(8(14)17)7(13)16-5(15-4)2-18-3-9(10,11)12/h2-3H2,1H3,(H2,14,17)(H2,13,15,16). The number of anilines is 1. The van der Waals surface area contributed by atoms with Gasteiger partial charge in [0.05, 0.1) is 5.69 Å². The molecule has 100 valence electrons. The second-order valence-corrected chi connectivity index (χ2v) is 3.46. The lowest BCUT2D eigenvalue weighted by atomic mass is 10.2. The highest BCUT2D eigenvalue weighted by Gasteiger charge is 2.27. The fraction of sp³-hybridized carbons (Fsp3) is 0.444. The van der Waals surface area contributed by atoms with Gasteiger partial charge in [-0.1, -0.05) is 0 Å². The van der Waals surface area contributed by atoms with Gasteiger partial charge in [0.1, 0.15) is 24.6 Å². The molecule has 0 aliphatic carbocycles. The lowest BCUT2D eigenvalue weighted by Gasteiger charge is -2.09. The first-order chi connectivity index (χ1) is 8.20. The molecule has 1 rings (SSSR count). The Labute approximate surface area is 100 Å². The van der Waals surface area contributed by atoms with E-state index in [1.807, 2.05) is 0 Å². The molecule has 0 unspecified atom stereocenters. The Kier molecular flexibility index (Phi) is 4.07. The number of aryl methyl sites for hydroxylation is 1. The summed E-state index contributed by atoms with van der Waals surface area (Å²) in [5, 5.41) is 0. The predicted molar refractivity (Wildman–Crippen MR) is 55.4 cm³/mol. The van der Waals surface area contributed by atoms with Gasteiger partial charge < -0.3 is 16.2 Å². The van der Waals surface area contributed by atoms with E-state index >= 15 is 0 Å².